The van der Waals surface area contributed by atoms with Crippen LogP contribution in [-0.2, 0) is 0 Å². The summed E-state index contributed by atoms with van der Waals surface area (Å²) < 4.78 is 0. The zero-order valence-electron chi connectivity index (χ0n) is 6.77. The monoisotopic (exact) mass is 164 g/mol. The van der Waals surface area contributed by atoms with Crippen LogP contribution in [0.25, 0.3) is 0 Å². The lowest BCUT2D eigenvalue weighted by Gasteiger charge is -2.33. The van der Waals surface area contributed by atoms with Crippen molar-refractivity contribution in [3.05, 3.63) is 24.5 Å². The predicted octanol–water partition coefficient (Wildman–Crippen LogP) is 1.02. The van der Waals surface area contributed by atoms with E-state index in [9.17, 15) is 5.11 Å². The van der Waals surface area contributed by atoms with Crippen molar-refractivity contribution in [3.8, 4) is 0 Å². The SMILES string of the molecule is O[C@H]1CC[C@@H]1Nc1cccnc1. The number of aliphatic hydroxyl groups excluding tert-OH is 1. The van der Waals surface area contributed by atoms with E-state index in [1.54, 1.807) is 12.4 Å². The van der Waals surface area contributed by atoms with Crippen LogP contribution in [0.4, 0.5) is 5.69 Å². The molecule has 0 radical (unpaired) electrons. The fourth-order valence-electron chi connectivity index (χ4n) is 1.31. The normalized spacial score (nSPS) is 27.8. The highest BCUT2D eigenvalue weighted by atomic mass is 16.3. The average Bonchev–Trinajstić information content (AvgIpc) is 2.14. The number of nitrogens with one attached hydrogen (secondary N) is 1. The fraction of sp³-hybridized carbons (Fsp3) is 0.444. The van der Waals surface area contributed by atoms with Crippen LogP contribution in [0.5, 0.6) is 0 Å². The number of anilines is 1. The minimum absolute atomic E-state index is 0.176. The summed E-state index contributed by atoms with van der Waals surface area (Å²) in [7, 11) is 0. The molecule has 64 valence electrons. The number of hydrogen-bond donors (Lipinski definition) is 2. The second kappa shape index (κ2) is 3.11. The predicted molar refractivity (Wildman–Crippen MR) is 46.9 cm³/mol. The van der Waals surface area contributed by atoms with E-state index in [-0.39, 0.29) is 12.1 Å². The molecule has 3 nitrogen and oxygen atoms in total. The number of aliphatic hydroxyl groups is 1. The van der Waals surface area contributed by atoms with Gasteiger partial charge in [0.1, 0.15) is 0 Å². The highest BCUT2D eigenvalue weighted by molar-refractivity contribution is 5.41. The van der Waals surface area contributed by atoms with Crippen molar-refractivity contribution in [1.82, 2.24) is 4.98 Å². The Morgan fingerprint density at radius 3 is 2.92 bits per heavy atom. The summed E-state index contributed by atoms with van der Waals surface area (Å²) >= 11 is 0. The quantitative estimate of drug-likeness (QED) is 0.685. The first-order chi connectivity index (χ1) is 5.86. The van der Waals surface area contributed by atoms with Crippen LogP contribution < -0.4 is 5.32 Å². The smallest absolute Gasteiger partial charge is 0.0742 e. The molecule has 2 N–H and O–H groups in total. The Balaban J connectivity index is 1.95. The molecular weight excluding hydrogens is 152 g/mol. The maximum Gasteiger partial charge on any atom is 0.0742 e. The molecule has 12 heavy (non-hydrogen) atoms. The molecule has 0 saturated heterocycles. The zero-order valence-corrected chi connectivity index (χ0v) is 6.77. The molecular formula is C9H12N2O. The van der Waals surface area contributed by atoms with Gasteiger partial charge in [0, 0.05) is 12.4 Å². The Bertz CT molecular complexity index is 250. The molecule has 0 bridgehead atoms. The molecule has 2 atom stereocenters. The molecule has 1 aromatic heterocycles. The standard InChI is InChI=1S/C9H12N2O/c12-9-4-3-8(9)11-7-2-1-5-10-6-7/h1-2,5-6,8-9,11-12H,3-4H2/t8-,9-/m0/s1. The molecule has 0 aromatic carbocycles. The molecule has 1 aliphatic carbocycles. The van der Waals surface area contributed by atoms with Crippen LogP contribution >= 0.6 is 0 Å². The molecule has 1 aromatic rings. The lowest BCUT2D eigenvalue weighted by Crippen LogP contribution is -2.42. The minimum Gasteiger partial charge on any atom is -0.391 e. The summed E-state index contributed by atoms with van der Waals surface area (Å²) in [5.74, 6) is 0. The molecule has 0 amide bonds. The highest BCUT2D eigenvalue weighted by Crippen LogP contribution is 2.23. The third-order valence-corrected chi connectivity index (χ3v) is 2.25. The third kappa shape index (κ3) is 1.41. The van der Waals surface area contributed by atoms with Crippen molar-refractivity contribution in [2.24, 2.45) is 0 Å². The van der Waals surface area contributed by atoms with Gasteiger partial charge in [-0.3, -0.25) is 4.98 Å². The van der Waals surface area contributed by atoms with Crippen LogP contribution in [0.3, 0.4) is 0 Å². The first kappa shape index (κ1) is 7.55. The summed E-state index contributed by atoms with van der Waals surface area (Å²) in [6.45, 7) is 0. The number of hydrogen-bond acceptors (Lipinski definition) is 3. The largest absolute Gasteiger partial charge is 0.391 e. The van der Waals surface area contributed by atoms with Crippen molar-refractivity contribution in [1.29, 1.82) is 0 Å². The molecule has 1 heterocycles. The molecule has 1 saturated carbocycles. The summed E-state index contributed by atoms with van der Waals surface area (Å²) in [5, 5.41) is 12.5. The van der Waals surface area contributed by atoms with Gasteiger partial charge >= 0.3 is 0 Å². The average molecular weight is 164 g/mol. The van der Waals surface area contributed by atoms with Gasteiger partial charge in [0.15, 0.2) is 0 Å². The van der Waals surface area contributed by atoms with E-state index < -0.39 is 0 Å². The Morgan fingerprint density at radius 2 is 2.42 bits per heavy atom. The van der Waals surface area contributed by atoms with Crippen LogP contribution in [0.15, 0.2) is 24.5 Å². The Kier molecular flexibility index (Phi) is 1.96. The molecule has 3 heteroatoms. The van der Waals surface area contributed by atoms with E-state index in [1.807, 2.05) is 12.1 Å². The van der Waals surface area contributed by atoms with Crippen molar-refractivity contribution in [3.63, 3.8) is 0 Å². The van der Waals surface area contributed by atoms with Crippen molar-refractivity contribution in [2.45, 2.75) is 25.0 Å². The summed E-state index contributed by atoms with van der Waals surface area (Å²) in [6, 6.07) is 4.07. The molecule has 2 rings (SSSR count). The Hall–Kier alpha value is -1.09. The van der Waals surface area contributed by atoms with Gasteiger partial charge in [-0.1, -0.05) is 0 Å². The third-order valence-electron chi connectivity index (χ3n) is 2.25. The van der Waals surface area contributed by atoms with E-state index in [2.05, 4.69) is 10.3 Å². The molecule has 0 aliphatic heterocycles. The van der Waals surface area contributed by atoms with Crippen LogP contribution in [0, 0.1) is 0 Å². The Labute approximate surface area is 71.4 Å². The van der Waals surface area contributed by atoms with Crippen molar-refractivity contribution in [2.75, 3.05) is 5.32 Å². The van der Waals surface area contributed by atoms with E-state index in [1.165, 1.54) is 0 Å². The maximum absolute atomic E-state index is 9.29. The van der Waals surface area contributed by atoms with E-state index in [0.717, 1.165) is 18.5 Å². The molecule has 0 spiro atoms. The topological polar surface area (TPSA) is 45.1 Å². The van der Waals surface area contributed by atoms with E-state index in [4.69, 9.17) is 0 Å². The van der Waals surface area contributed by atoms with Gasteiger partial charge < -0.3 is 10.4 Å². The van der Waals surface area contributed by atoms with Gasteiger partial charge in [-0.25, -0.2) is 0 Å². The number of pyridine rings is 1. The Morgan fingerprint density at radius 1 is 1.50 bits per heavy atom. The fourth-order valence-corrected chi connectivity index (χ4v) is 1.31. The van der Waals surface area contributed by atoms with Crippen LogP contribution in [-0.4, -0.2) is 22.2 Å². The number of rotatable bonds is 2. The molecule has 1 fully saturated rings. The lowest BCUT2D eigenvalue weighted by atomic mass is 9.89. The summed E-state index contributed by atoms with van der Waals surface area (Å²) in [5.41, 5.74) is 0.987. The second-order valence-corrected chi connectivity index (χ2v) is 3.14. The highest BCUT2D eigenvalue weighted by Gasteiger charge is 2.28. The van der Waals surface area contributed by atoms with Crippen molar-refractivity contribution < 1.29 is 5.11 Å². The van der Waals surface area contributed by atoms with Crippen LogP contribution in [0.2, 0.25) is 0 Å². The van der Waals surface area contributed by atoms with Crippen molar-refractivity contribution >= 4 is 5.69 Å². The second-order valence-electron chi connectivity index (χ2n) is 3.14. The van der Waals surface area contributed by atoms with E-state index in [0.29, 0.717) is 0 Å². The minimum atomic E-state index is -0.176. The number of aromatic nitrogens is 1. The lowest BCUT2D eigenvalue weighted by molar-refractivity contribution is 0.0786. The molecule has 1 aliphatic rings. The summed E-state index contributed by atoms with van der Waals surface area (Å²) in [6.07, 6.45) is 5.30. The number of nitrogens with zero attached hydrogens (tertiary/aromatic N) is 1. The zero-order chi connectivity index (χ0) is 8.39. The van der Waals surface area contributed by atoms with E-state index >= 15 is 0 Å². The van der Waals surface area contributed by atoms with Gasteiger partial charge in [-0.2, -0.15) is 0 Å². The molecule has 0 unspecified atom stereocenters. The first-order valence-corrected chi connectivity index (χ1v) is 4.21. The van der Waals surface area contributed by atoms with Gasteiger partial charge in [-0.15, -0.1) is 0 Å². The van der Waals surface area contributed by atoms with Gasteiger partial charge in [0.05, 0.1) is 17.8 Å². The van der Waals surface area contributed by atoms with Gasteiger partial charge in [-0.05, 0) is 25.0 Å². The first-order valence-electron chi connectivity index (χ1n) is 4.21. The van der Waals surface area contributed by atoms with Gasteiger partial charge in [0.25, 0.3) is 0 Å². The van der Waals surface area contributed by atoms with Crippen LogP contribution in [0.1, 0.15) is 12.8 Å². The van der Waals surface area contributed by atoms with Gasteiger partial charge in [0.2, 0.25) is 0 Å². The maximum atomic E-state index is 9.29. The summed E-state index contributed by atoms with van der Waals surface area (Å²) in [4.78, 5) is 3.98.